The van der Waals surface area contributed by atoms with Crippen LogP contribution in [0.4, 0.5) is 17.6 Å². The van der Waals surface area contributed by atoms with E-state index in [1.54, 1.807) is 24.5 Å². The zero-order valence-corrected chi connectivity index (χ0v) is 11.9. The van der Waals surface area contributed by atoms with E-state index in [4.69, 9.17) is 17.3 Å². The predicted octanol–water partition coefficient (Wildman–Crippen LogP) is 2.34. The molecular weight excluding hydrogens is 290 g/mol. The van der Waals surface area contributed by atoms with Crippen molar-refractivity contribution in [2.24, 2.45) is 0 Å². The molecule has 7 nitrogen and oxygen atoms in total. The second-order valence-electron chi connectivity index (χ2n) is 4.32. The van der Waals surface area contributed by atoms with Gasteiger partial charge in [-0.1, -0.05) is 23.7 Å². The van der Waals surface area contributed by atoms with E-state index >= 15 is 0 Å². The van der Waals surface area contributed by atoms with Gasteiger partial charge in [-0.2, -0.15) is 20.1 Å². The Hall–Kier alpha value is -2.67. The number of benzene rings is 1. The summed E-state index contributed by atoms with van der Waals surface area (Å²) in [6, 6.07) is 7.37. The quantitative estimate of drug-likeness (QED) is 0.771. The van der Waals surface area contributed by atoms with Crippen LogP contribution in [0.3, 0.4) is 0 Å². The molecule has 3 aromatic rings. The number of nitrogens with two attached hydrogens (primary N) is 1. The normalized spacial score (nSPS) is 10.6. The second-order valence-corrected chi connectivity index (χ2v) is 4.73. The van der Waals surface area contributed by atoms with E-state index in [0.29, 0.717) is 16.9 Å². The lowest BCUT2D eigenvalue weighted by Crippen LogP contribution is -2.10. The molecule has 3 N–H and O–H groups in total. The zero-order valence-electron chi connectivity index (χ0n) is 11.2. The average molecular weight is 302 g/mol. The first-order valence-corrected chi connectivity index (χ1v) is 6.55. The van der Waals surface area contributed by atoms with Crippen molar-refractivity contribution in [1.82, 2.24) is 24.7 Å². The second kappa shape index (κ2) is 5.37. The van der Waals surface area contributed by atoms with Crippen LogP contribution in [-0.4, -0.2) is 24.7 Å². The summed E-state index contributed by atoms with van der Waals surface area (Å²) in [5.41, 5.74) is 7.43. The lowest BCUT2D eigenvalue weighted by atomic mass is 10.2. The largest absolute Gasteiger partial charge is 0.368 e. The predicted molar refractivity (Wildman–Crippen MR) is 80.8 cm³/mol. The van der Waals surface area contributed by atoms with Crippen molar-refractivity contribution >= 4 is 29.2 Å². The first-order valence-electron chi connectivity index (χ1n) is 6.17. The Balaban J connectivity index is 2.00. The maximum absolute atomic E-state index is 6.18. The third-order valence-corrected chi connectivity index (χ3v) is 3.12. The van der Waals surface area contributed by atoms with Crippen molar-refractivity contribution in [3.63, 3.8) is 0 Å². The first-order chi connectivity index (χ1) is 10.1. The Labute approximate surface area is 125 Å². The summed E-state index contributed by atoms with van der Waals surface area (Å²) in [4.78, 5) is 12.4. The molecule has 0 bridgehead atoms. The molecule has 0 spiro atoms. The molecule has 0 unspecified atom stereocenters. The molecule has 0 fully saturated rings. The van der Waals surface area contributed by atoms with Crippen molar-refractivity contribution in [1.29, 1.82) is 0 Å². The van der Waals surface area contributed by atoms with Crippen LogP contribution < -0.4 is 11.1 Å². The first kappa shape index (κ1) is 13.3. The third-order valence-electron chi connectivity index (χ3n) is 2.81. The monoisotopic (exact) mass is 301 g/mol. The summed E-state index contributed by atoms with van der Waals surface area (Å²) in [5.74, 6) is 0.742. The standard InChI is InChI=1S/C13H12ClN7/c1-8-4-2-5-9(14)10(8)17-12-18-11(15)19-13(20-12)21-7-3-6-16-21/h2-7H,1H3,(H3,15,17,18,19,20). The number of hydrogen-bond acceptors (Lipinski definition) is 6. The van der Waals surface area contributed by atoms with Crippen LogP contribution in [0.25, 0.3) is 5.95 Å². The van der Waals surface area contributed by atoms with Crippen LogP contribution in [0.1, 0.15) is 5.56 Å². The molecule has 0 aliphatic carbocycles. The summed E-state index contributed by atoms with van der Waals surface area (Å²) >= 11 is 6.18. The number of aryl methyl sites for hydroxylation is 1. The van der Waals surface area contributed by atoms with Gasteiger partial charge in [-0.3, -0.25) is 0 Å². The van der Waals surface area contributed by atoms with Crippen LogP contribution in [0.15, 0.2) is 36.7 Å². The smallest absolute Gasteiger partial charge is 0.257 e. The molecule has 0 saturated carbocycles. The van der Waals surface area contributed by atoms with Gasteiger partial charge in [0.1, 0.15) is 0 Å². The number of nitrogen functional groups attached to an aromatic ring is 1. The van der Waals surface area contributed by atoms with Gasteiger partial charge in [0.15, 0.2) is 0 Å². The Morgan fingerprint density at radius 1 is 1.19 bits per heavy atom. The van der Waals surface area contributed by atoms with Gasteiger partial charge in [-0.15, -0.1) is 0 Å². The maximum Gasteiger partial charge on any atom is 0.257 e. The van der Waals surface area contributed by atoms with Crippen molar-refractivity contribution in [3.05, 3.63) is 47.2 Å². The summed E-state index contributed by atoms with van der Waals surface area (Å²) in [6.45, 7) is 1.94. The van der Waals surface area contributed by atoms with E-state index in [-0.39, 0.29) is 5.95 Å². The summed E-state index contributed by atoms with van der Waals surface area (Å²) in [7, 11) is 0. The van der Waals surface area contributed by atoms with Gasteiger partial charge in [-0.05, 0) is 24.6 Å². The number of aromatic nitrogens is 5. The molecule has 3 rings (SSSR count). The summed E-state index contributed by atoms with van der Waals surface area (Å²) in [6.07, 6.45) is 3.35. The van der Waals surface area contributed by atoms with E-state index in [0.717, 1.165) is 11.3 Å². The highest BCUT2D eigenvalue weighted by Gasteiger charge is 2.10. The van der Waals surface area contributed by atoms with E-state index in [9.17, 15) is 0 Å². The topological polar surface area (TPSA) is 94.5 Å². The van der Waals surface area contributed by atoms with Crippen molar-refractivity contribution < 1.29 is 0 Å². The van der Waals surface area contributed by atoms with Gasteiger partial charge in [0.05, 0.1) is 10.7 Å². The van der Waals surface area contributed by atoms with Crippen LogP contribution >= 0.6 is 11.6 Å². The Bertz CT molecular complexity index is 750. The van der Waals surface area contributed by atoms with Gasteiger partial charge >= 0.3 is 0 Å². The minimum Gasteiger partial charge on any atom is -0.368 e. The van der Waals surface area contributed by atoms with Crippen LogP contribution in [0.5, 0.6) is 0 Å². The molecule has 8 heteroatoms. The van der Waals surface area contributed by atoms with Crippen LogP contribution in [-0.2, 0) is 0 Å². The van der Waals surface area contributed by atoms with Gasteiger partial charge in [0.2, 0.25) is 11.9 Å². The highest BCUT2D eigenvalue weighted by Crippen LogP contribution is 2.27. The molecule has 21 heavy (non-hydrogen) atoms. The molecular formula is C13H12ClN7. The van der Waals surface area contributed by atoms with Crippen molar-refractivity contribution in [2.75, 3.05) is 11.1 Å². The van der Waals surface area contributed by atoms with Crippen LogP contribution in [0.2, 0.25) is 5.02 Å². The van der Waals surface area contributed by atoms with Gasteiger partial charge in [-0.25, -0.2) is 4.68 Å². The Morgan fingerprint density at radius 3 is 2.76 bits per heavy atom. The number of nitrogens with one attached hydrogen (secondary N) is 1. The Morgan fingerprint density at radius 2 is 2.05 bits per heavy atom. The zero-order chi connectivity index (χ0) is 14.8. The molecule has 0 saturated heterocycles. The highest BCUT2D eigenvalue weighted by molar-refractivity contribution is 6.33. The lowest BCUT2D eigenvalue weighted by Gasteiger charge is -2.11. The lowest BCUT2D eigenvalue weighted by molar-refractivity contribution is 0.801. The van der Waals surface area contributed by atoms with Gasteiger partial charge < -0.3 is 11.1 Å². The third kappa shape index (κ3) is 2.77. The molecule has 2 heterocycles. The SMILES string of the molecule is Cc1cccc(Cl)c1Nc1nc(N)nc(-n2cccn2)n1. The van der Waals surface area contributed by atoms with E-state index in [1.807, 2.05) is 19.1 Å². The fraction of sp³-hybridized carbons (Fsp3) is 0.0769. The molecule has 1 aromatic carbocycles. The minimum absolute atomic E-state index is 0.0997. The number of hydrogen-bond donors (Lipinski definition) is 2. The van der Waals surface area contributed by atoms with E-state index in [1.165, 1.54) is 4.68 Å². The number of para-hydroxylation sites is 1. The minimum atomic E-state index is 0.0997. The number of rotatable bonds is 3. The van der Waals surface area contributed by atoms with Gasteiger partial charge in [0, 0.05) is 12.4 Å². The highest BCUT2D eigenvalue weighted by atomic mass is 35.5. The van der Waals surface area contributed by atoms with E-state index in [2.05, 4.69) is 25.4 Å². The van der Waals surface area contributed by atoms with Crippen molar-refractivity contribution in [3.8, 4) is 5.95 Å². The van der Waals surface area contributed by atoms with Crippen LogP contribution in [0, 0.1) is 6.92 Å². The van der Waals surface area contributed by atoms with Crippen molar-refractivity contribution in [2.45, 2.75) is 6.92 Å². The number of anilines is 3. The fourth-order valence-corrected chi connectivity index (χ4v) is 2.10. The molecule has 0 amide bonds. The molecule has 2 aromatic heterocycles. The summed E-state index contributed by atoms with van der Waals surface area (Å²) < 4.78 is 1.50. The van der Waals surface area contributed by atoms with E-state index < -0.39 is 0 Å². The molecule has 0 aliphatic rings. The average Bonchev–Trinajstić information content (AvgIpc) is 2.97. The number of halogens is 1. The summed E-state index contributed by atoms with van der Waals surface area (Å²) in [5, 5.41) is 7.71. The molecule has 106 valence electrons. The Kier molecular flexibility index (Phi) is 3.41. The molecule has 0 aliphatic heterocycles. The maximum atomic E-state index is 6.18. The number of nitrogens with zero attached hydrogens (tertiary/aromatic N) is 5. The molecule has 0 radical (unpaired) electrons. The van der Waals surface area contributed by atoms with Gasteiger partial charge in [0.25, 0.3) is 5.95 Å². The fourth-order valence-electron chi connectivity index (χ4n) is 1.83. The molecule has 0 atom stereocenters.